The van der Waals surface area contributed by atoms with Crippen LogP contribution in [0.25, 0.3) is 10.9 Å². The van der Waals surface area contributed by atoms with Crippen molar-refractivity contribution in [2.75, 3.05) is 19.6 Å². The van der Waals surface area contributed by atoms with Gasteiger partial charge in [-0.2, -0.15) is 0 Å². The highest BCUT2D eigenvalue weighted by Crippen LogP contribution is 2.14. The van der Waals surface area contributed by atoms with Crippen molar-refractivity contribution in [3.63, 3.8) is 0 Å². The Bertz CT molecular complexity index is 441. The van der Waals surface area contributed by atoms with Crippen LogP contribution in [-0.2, 0) is 6.54 Å². The smallest absolute Gasteiger partial charge is 0.0480 e. The Morgan fingerprint density at radius 1 is 1.06 bits per heavy atom. The minimum absolute atomic E-state index is 1.08. The van der Waals surface area contributed by atoms with Gasteiger partial charge >= 0.3 is 0 Å². The predicted molar refractivity (Wildman–Crippen MR) is 69.7 cm³/mol. The summed E-state index contributed by atoms with van der Waals surface area (Å²) < 4.78 is 2.34. The maximum absolute atomic E-state index is 2.45. The molecule has 0 atom stereocenters. The number of fused-ring (bicyclic) bond motifs is 1. The van der Waals surface area contributed by atoms with Gasteiger partial charge in [0.15, 0.2) is 0 Å². The van der Waals surface area contributed by atoms with Gasteiger partial charge < -0.3 is 9.47 Å². The minimum Gasteiger partial charge on any atom is -0.346 e. The Labute approximate surface area is 97.5 Å². The van der Waals surface area contributed by atoms with Crippen molar-refractivity contribution in [1.29, 1.82) is 0 Å². The summed E-state index contributed by atoms with van der Waals surface area (Å²) in [5.74, 6) is 0. The van der Waals surface area contributed by atoms with E-state index in [4.69, 9.17) is 0 Å². The van der Waals surface area contributed by atoms with Crippen molar-refractivity contribution in [1.82, 2.24) is 9.47 Å². The van der Waals surface area contributed by atoms with Crippen LogP contribution in [0.15, 0.2) is 36.5 Å². The van der Waals surface area contributed by atoms with Crippen LogP contribution in [-0.4, -0.2) is 29.1 Å². The molecular weight excluding hydrogens is 196 g/mol. The number of aromatic nitrogens is 1. The summed E-state index contributed by atoms with van der Waals surface area (Å²) in [4.78, 5) is 2.45. The maximum Gasteiger partial charge on any atom is 0.0480 e. The Morgan fingerprint density at radius 3 is 2.56 bits per heavy atom. The summed E-state index contributed by atoms with van der Waals surface area (Å²) in [6, 6.07) is 10.8. The van der Waals surface area contributed by atoms with E-state index in [0.717, 1.165) is 26.2 Å². The summed E-state index contributed by atoms with van der Waals surface area (Å²) in [7, 11) is 0. The molecule has 0 aliphatic heterocycles. The first-order valence-corrected chi connectivity index (χ1v) is 6.11. The van der Waals surface area contributed by atoms with Crippen LogP contribution in [0.5, 0.6) is 0 Å². The fraction of sp³-hybridized carbons (Fsp3) is 0.429. The zero-order valence-corrected chi connectivity index (χ0v) is 10.2. The van der Waals surface area contributed by atoms with Gasteiger partial charge in [-0.15, -0.1) is 0 Å². The third-order valence-electron chi connectivity index (χ3n) is 3.23. The lowest BCUT2D eigenvalue weighted by Gasteiger charge is -2.18. The van der Waals surface area contributed by atoms with Crippen molar-refractivity contribution in [2.24, 2.45) is 0 Å². The number of hydrogen-bond acceptors (Lipinski definition) is 1. The van der Waals surface area contributed by atoms with E-state index in [2.05, 4.69) is 59.8 Å². The molecule has 1 heterocycles. The van der Waals surface area contributed by atoms with Crippen LogP contribution < -0.4 is 0 Å². The lowest BCUT2D eigenvalue weighted by atomic mass is 10.2. The van der Waals surface area contributed by atoms with Crippen molar-refractivity contribution >= 4 is 10.9 Å². The molecule has 0 saturated carbocycles. The summed E-state index contributed by atoms with van der Waals surface area (Å²) in [5.41, 5.74) is 1.34. The molecule has 0 fully saturated rings. The molecule has 0 unspecified atom stereocenters. The molecule has 2 rings (SSSR count). The van der Waals surface area contributed by atoms with E-state index in [1.807, 2.05) is 0 Å². The largest absolute Gasteiger partial charge is 0.346 e. The van der Waals surface area contributed by atoms with E-state index >= 15 is 0 Å². The third kappa shape index (κ3) is 2.27. The second-order valence-corrected chi connectivity index (χ2v) is 4.09. The van der Waals surface area contributed by atoms with Crippen LogP contribution in [0.1, 0.15) is 13.8 Å². The van der Waals surface area contributed by atoms with Crippen LogP contribution in [0, 0.1) is 0 Å². The number of hydrogen-bond donors (Lipinski definition) is 0. The second kappa shape index (κ2) is 5.17. The summed E-state index contributed by atoms with van der Waals surface area (Å²) in [6.45, 7) is 8.92. The molecule has 0 amide bonds. The summed E-state index contributed by atoms with van der Waals surface area (Å²) >= 11 is 0. The summed E-state index contributed by atoms with van der Waals surface area (Å²) in [6.07, 6.45) is 2.19. The van der Waals surface area contributed by atoms with Gasteiger partial charge in [-0.1, -0.05) is 32.0 Å². The zero-order chi connectivity index (χ0) is 11.4. The molecule has 0 saturated heterocycles. The number of rotatable bonds is 5. The van der Waals surface area contributed by atoms with Crippen LogP contribution in [0.3, 0.4) is 0 Å². The molecule has 0 radical (unpaired) electrons. The number of nitrogens with zero attached hydrogens (tertiary/aromatic N) is 2. The molecule has 2 heteroatoms. The van der Waals surface area contributed by atoms with E-state index in [0.29, 0.717) is 0 Å². The highest BCUT2D eigenvalue weighted by atomic mass is 15.1. The van der Waals surface area contributed by atoms with E-state index < -0.39 is 0 Å². The van der Waals surface area contributed by atoms with Gasteiger partial charge in [0.1, 0.15) is 0 Å². The maximum atomic E-state index is 2.45. The fourth-order valence-electron chi connectivity index (χ4n) is 2.12. The lowest BCUT2D eigenvalue weighted by Crippen LogP contribution is -2.26. The lowest BCUT2D eigenvalue weighted by molar-refractivity contribution is 0.292. The van der Waals surface area contributed by atoms with Gasteiger partial charge in [-0.05, 0) is 30.6 Å². The minimum atomic E-state index is 1.08. The van der Waals surface area contributed by atoms with E-state index in [1.54, 1.807) is 0 Å². The molecule has 1 aromatic heterocycles. The van der Waals surface area contributed by atoms with E-state index in [9.17, 15) is 0 Å². The van der Waals surface area contributed by atoms with Gasteiger partial charge in [0.25, 0.3) is 0 Å². The Balaban J connectivity index is 2.09. The van der Waals surface area contributed by atoms with E-state index in [-0.39, 0.29) is 0 Å². The molecule has 2 aromatic rings. The van der Waals surface area contributed by atoms with Gasteiger partial charge in [0.2, 0.25) is 0 Å². The normalized spacial score (nSPS) is 11.4. The first-order valence-electron chi connectivity index (χ1n) is 6.11. The molecule has 0 aliphatic carbocycles. The number of likely N-dealkylation sites (N-methyl/N-ethyl adjacent to an activating group) is 1. The molecule has 0 bridgehead atoms. The first-order chi connectivity index (χ1) is 7.85. The highest BCUT2D eigenvalue weighted by Gasteiger charge is 2.02. The Morgan fingerprint density at radius 2 is 1.81 bits per heavy atom. The summed E-state index contributed by atoms with van der Waals surface area (Å²) in [5, 5.41) is 1.34. The average molecular weight is 216 g/mol. The monoisotopic (exact) mass is 216 g/mol. The highest BCUT2D eigenvalue weighted by molar-refractivity contribution is 5.79. The molecule has 86 valence electrons. The van der Waals surface area contributed by atoms with Crippen LogP contribution >= 0.6 is 0 Å². The molecule has 1 aromatic carbocycles. The van der Waals surface area contributed by atoms with Crippen molar-refractivity contribution in [3.8, 4) is 0 Å². The van der Waals surface area contributed by atoms with Crippen molar-refractivity contribution in [3.05, 3.63) is 36.5 Å². The molecule has 16 heavy (non-hydrogen) atoms. The van der Waals surface area contributed by atoms with Crippen LogP contribution in [0.4, 0.5) is 0 Å². The van der Waals surface area contributed by atoms with Gasteiger partial charge in [-0.3, -0.25) is 0 Å². The van der Waals surface area contributed by atoms with Gasteiger partial charge in [0.05, 0.1) is 0 Å². The zero-order valence-electron chi connectivity index (χ0n) is 10.2. The quantitative estimate of drug-likeness (QED) is 0.746. The molecule has 0 aliphatic rings. The van der Waals surface area contributed by atoms with Crippen molar-refractivity contribution < 1.29 is 0 Å². The first kappa shape index (κ1) is 11.2. The van der Waals surface area contributed by atoms with Crippen molar-refractivity contribution in [2.45, 2.75) is 20.4 Å². The van der Waals surface area contributed by atoms with Gasteiger partial charge in [0, 0.05) is 24.8 Å². The molecule has 2 nitrogen and oxygen atoms in total. The average Bonchev–Trinajstić information content (AvgIpc) is 2.74. The van der Waals surface area contributed by atoms with E-state index in [1.165, 1.54) is 10.9 Å². The van der Waals surface area contributed by atoms with Gasteiger partial charge in [-0.25, -0.2) is 0 Å². The Kier molecular flexibility index (Phi) is 3.62. The fourth-order valence-corrected chi connectivity index (χ4v) is 2.12. The number of benzene rings is 1. The SMILES string of the molecule is CCN(CC)CCn1ccc2ccccc21. The molecule has 0 spiro atoms. The standard InChI is InChI=1S/C14H20N2/c1-3-15(4-2)11-12-16-10-9-13-7-5-6-8-14(13)16/h5-10H,3-4,11-12H2,1-2H3. The topological polar surface area (TPSA) is 8.17 Å². The molecular formula is C14H20N2. The predicted octanol–water partition coefficient (Wildman–Crippen LogP) is 2.98. The third-order valence-corrected chi connectivity index (χ3v) is 3.23. The second-order valence-electron chi connectivity index (χ2n) is 4.09. The Hall–Kier alpha value is -1.28. The van der Waals surface area contributed by atoms with Crippen LogP contribution in [0.2, 0.25) is 0 Å². The number of para-hydroxylation sites is 1. The molecule has 0 N–H and O–H groups in total.